The van der Waals surface area contributed by atoms with Crippen LogP contribution in [0.3, 0.4) is 0 Å². The molecule has 2 N–H and O–H groups in total. The number of nitrogens with zero attached hydrogens (tertiary/aromatic N) is 3. The Morgan fingerprint density at radius 2 is 1.64 bits per heavy atom. The highest BCUT2D eigenvalue weighted by Crippen LogP contribution is 2.33. The van der Waals surface area contributed by atoms with Gasteiger partial charge in [-0.25, -0.2) is 9.97 Å². The first-order valence-corrected chi connectivity index (χ1v) is 8.57. The lowest BCUT2D eigenvalue weighted by atomic mass is 10.1. The van der Waals surface area contributed by atoms with Crippen LogP contribution in [-0.2, 0) is 0 Å². The molecule has 0 amide bonds. The molecular weight excluding hydrogens is 358 g/mol. The van der Waals surface area contributed by atoms with Crippen LogP contribution in [-0.4, -0.2) is 20.7 Å². The maximum Gasteiger partial charge on any atom is 0.353 e. The molecule has 28 heavy (non-hydrogen) atoms. The van der Waals surface area contributed by atoms with Crippen molar-refractivity contribution in [3.05, 3.63) is 75.6 Å². The lowest BCUT2D eigenvalue weighted by Crippen LogP contribution is -2.06. The molecule has 0 aliphatic carbocycles. The average Bonchev–Trinajstić information content (AvgIpc) is 2.65. The number of ketones is 1. The molecule has 0 saturated heterocycles. The normalized spacial score (nSPS) is 10.4. The van der Waals surface area contributed by atoms with E-state index in [4.69, 9.17) is 0 Å². The lowest BCUT2D eigenvalue weighted by molar-refractivity contribution is -0.383. The summed E-state index contributed by atoms with van der Waals surface area (Å²) < 4.78 is 0. The molecule has 0 aliphatic heterocycles. The van der Waals surface area contributed by atoms with E-state index in [-0.39, 0.29) is 23.1 Å². The highest BCUT2D eigenvalue weighted by Gasteiger charge is 2.23. The van der Waals surface area contributed by atoms with Crippen molar-refractivity contribution in [3.8, 4) is 0 Å². The Hall–Kier alpha value is -3.81. The SMILES string of the molecule is CC(=O)c1ccc(Nc2ncnc(Nc3cc(C)ccc3C)c2[N+](=O)[O-])cc1. The predicted molar refractivity (Wildman–Crippen MR) is 108 cm³/mol. The molecule has 0 aliphatic rings. The van der Waals surface area contributed by atoms with Crippen LogP contribution in [0.2, 0.25) is 0 Å². The topological polar surface area (TPSA) is 110 Å². The number of hydrogen-bond acceptors (Lipinski definition) is 7. The van der Waals surface area contributed by atoms with Crippen molar-refractivity contribution in [2.75, 3.05) is 10.6 Å². The minimum absolute atomic E-state index is 0.0559. The zero-order chi connectivity index (χ0) is 20.3. The monoisotopic (exact) mass is 377 g/mol. The molecule has 1 heterocycles. The van der Waals surface area contributed by atoms with Gasteiger partial charge in [-0.05, 0) is 62.2 Å². The minimum atomic E-state index is -0.528. The van der Waals surface area contributed by atoms with Gasteiger partial charge in [-0.1, -0.05) is 12.1 Å². The van der Waals surface area contributed by atoms with Crippen LogP contribution in [0.25, 0.3) is 0 Å². The van der Waals surface area contributed by atoms with Crippen molar-refractivity contribution >= 4 is 34.5 Å². The summed E-state index contributed by atoms with van der Waals surface area (Å²) in [6.45, 7) is 5.32. The molecule has 142 valence electrons. The van der Waals surface area contributed by atoms with Crippen molar-refractivity contribution < 1.29 is 9.72 Å². The molecule has 0 saturated carbocycles. The lowest BCUT2D eigenvalue weighted by Gasteiger charge is -2.12. The van der Waals surface area contributed by atoms with Crippen LogP contribution in [0.4, 0.5) is 28.7 Å². The molecule has 0 fully saturated rings. The van der Waals surface area contributed by atoms with E-state index in [9.17, 15) is 14.9 Å². The van der Waals surface area contributed by atoms with E-state index in [1.807, 2.05) is 32.0 Å². The summed E-state index contributed by atoms with van der Waals surface area (Å²) >= 11 is 0. The molecule has 0 bridgehead atoms. The molecule has 8 nitrogen and oxygen atoms in total. The van der Waals surface area contributed by atoms with E-state index in [1.54, 1.807) is 24.3 Å². The average molecular weight is 377 g/mol. The molecule has 3 rings (SSSR count). The summed E-state index contributed by atoms with van der Waals surface area (Å²) in [5.74, 6) is 0.0968. The van der Waals surface area contributed by atoms with Gasteiger partial charge in [-0.2, -0.15) is 0 Å². The molecule has 0 atom stereocenters. The van der Waals surface area contributed by atoms with Gasteiger partial charge in [0.2, 0.25) is 11.6 Å². The third-order valence-electron chi connectivity index (χ3n) is 4.21. The number of carbonyl (C=O) groups excluding carboxylic acids is 1. The van der Waals surface area contributed by atoms with E-state index in [0.717, 1.165) is 16.8 Å². The summed E-state index contributed by atoms with van der Waals surface area (Å²) in [6, 6.07) is 12.4. The van der Waals surface area contributed by atoms with Crippen molar-refractivity contribution in [1.82, 2.24) is 9.97 Å². The second kappa shape index (κ2) is 7.83. The minimum Gasteiger partial charge on any atom is -0.334 e. The van der Waals surface area contributed by atoms with Crippen LogP contribution >= 0.6 is 0 Å². The van der Waals surface area contributed by atoms with E-state index in [2.05, 4.69) is 20.6 Å². The van der Waals surface area contributed by atoms with Crippen LogP contribution in [0.1, 0.15) is 28.4 Å². The third kappa shape index (κ3) is 4.12. The Labute approximate surface area is 161 Å². The molecule has 8 heteroatoms. The molecular formula is C20H19N5O3. The maximum atomic E-state index is 11.7. The quantitative estimate of drug-likeness (QED) is 0.364. The Morgan fingerprint density at radius 3 is 2.25 bits per heavy atom. The fraction of sp³-hybridized carbons (Fsp3) is 0.150. The van der Waals surface area contributed by atoms with Gasteiger partial charge in [0, 0.05) is 16.9 Å². The van der Waals surface area contributed by atoms with Gasteiger partial charge < -0.3 is 10.6 Å². The highest BCUT2D eigenvalue weighted by molar-refractivity contribution is 5.94. The number of nitrogens with one attached hydrogen (secondary N) is 2. The predicted octanol–water partition coefficient (Wildman–Crippen LogP) is 4.69. The summed E-state index contributed by atoms with van der Waals surface area (Å²) in [4.78, 5) is 30.7. The molecule has 2 aromatic carbocycles. The number of hydrogen-bond donors (Lipinski definition) is 2. The second-order valence-electron chi connectivity index (χ2n) is 6.38. The second-order valence-corrected chi connectivity index (χ2v) is 6.38. The number of nitro groups is 1. The van der Waals surface area contributed by atoms with Gasteiger partial charge in [-0.15, -0.1) is 0 Å². The van der Waals surface area contributed by atoms with E-state index in [0.29, 0.717) is 11.3 Å². The smallest absolute Gasteiger partial charge is 0.334 e. The standard InChI is InChI=1S/C20H19N5O3/c1-12-4-5-13(2)17(10-12)24-20-18(25(27)28)19(21-11-22-20)23-16-8-6-15(7-9-16)14(3)26/h4-11H,1-3H3,(H2,21,22,23,24). The Bertz CT molecular complexity index is 1050. The first-order chi connectivity index (χ1) is 13.3. The van der Waals surface area contributed by atoms with E-state index in [1.165, 1.54) is 13.3 Å². The van der Waals surface area contributed by atoms with Gasteiger partial charge in [0.05, 0.1) is 4.92 Å². The molecule has 3 aromatic rings. The fourth-order valence-corrected chi connectivity index (χ4v) is 2.66. The zero-order valence-electron chi connectivity index (χ0n) is 15.7. The fourth-order valence-electron chi connectivity index (χ4n) is 2.66. The summed E-state index contributed by atoms with van der Waals surface area (Å²) in [6.07, 6.45) is 1.26. The molecule has 0 spiro atoms. The number of Topliss-reactive ketones (excluding diaryl/α,β-unsaturated/α-hetero) is 1. The van der Waals surface area contributed by atoms with Gasteiger partial charge in [-0.3, -0.25) is 14.9 Å². The van der Waals surface area contributed by atoms with Crippen LogP contribution in [0.5, 0.6) is 0 Å². The van der Waals surface area contributed by atoms with Gasteiger partial charge in [0.25, 0.3) is 0 Å². The van der Waals surface area contributed by atoms with Crippen LogP contribution in [0, 0.1) is 24.0 Å². The Kier molecular flexibility index (Phi) is 5.30. The van der Waals surface area contributed by atoms with Gasteiger partial charge in [0.1, 0.15) is 6.33 Å². The van der Waals surface area contributed by atoms with Crippen LogP contribution < -0.4 is 10.6 Å². The maximum absolute atomic E-state index is 11.7. The number of rotatable bonds is 6. The van der Waals surface area contributed by atoms with Crippen molar-refractivity contribution in [1.29, 1.82) is 0 Å². The van der Waals surface area contributed by atoms with Crippen LogP contribution in [0.15, 0.2) is 48.8 Å². The number of aryl methyl sites for hydroxylation is 2. The number of carbonyl (C=O) groups is 1. The van der Waals surface area contributed by atoms with Crippen molar-refractivity contribution in [2.24, 2.45) is 0 Å². The van der Waals surface area contributed by atoms with Crippen molar-refractivity contribution in [3.63, 3.8) is 0 Å². The highest BCUT2D eigenvalue weighted by atomic mass is 16.6. The number of anilines is 4. The Morgan fingerprint density at radius 1 is 1.00 bits per heavy atom. The third-order valence-corrected chi connectivity index (χ3v) is 4.21. The first kappa shape index (κ1) is 19.0. The number of aromatic nitrogens is 2. The largest absolute Gasteiger partial charge is 0.353 e. The summed E-state index contributed by atoms with van der Waals surface area (Å²) in [5, 5.41) is 17.7. The summed E-state index contributed by atoms with van der Waals surface area (Å²) in [5.41, 5.74) is 3.56. The van der Waals surface area contributed by atoms with Gasteiger partial charge in [0.15, 0.2) is 5.78 Å². The van der Waals surface area contributed by atoms with Crippen molar-refractivity contribution in [2.45, 2.75) is 20.8 Å². The molecule has 1 aromatic heterocycles. The molecule has 0 unspecified atom stereocenters. The number of benzene rings is 2. The zero-order valence-corrected chi connectivity index (χ0v) is 15.7. The molecule has 0 radical (unpaired) electrons. The van der Waals surface area contributed by atoms with E-state index < -0.39 is 4.92 Å². The Balaban J connectivity index is 1.96. The van der Waals surface area contributed by atoms with E-state index >= 15 is 0 Å². The van der Waals surface area contributed by atoms with Gasteiger partial charge >= 0.3 is 5.69 Å². The summed E-state index contributed by atoms with van der Waals surface area (Å²) in [7, 11) is 0. The first-order valence-electron chi connectivity index (χ1n) is 8.57.